The van der Waals surface area contributed by atoms with E-state index >= 15 is 0 Å². The maximum atomic E-state index is 11.5. The molecule has 0 radical (unpaired) electrons. The van der Waals surface area contributed by atoms with Crippen LogP contribution in [0.1, 0.15) is 12.0 Å². The number of carbonyl (C=O) groups excluding carboxylic acids is 1. The fourth-order valence-electron chi connectivity index (χ4n) is 1.80. The molecule has 0 atom stereocenters. The Labute approximate surface area is 118 Å². The molecule has 1 aromatic carbocycles. The summed E-state index contributed by atoms with van der Waals surface area (Å²) in [6.45, 7) is 2.37. The Morgan fingerprint density at radius 2 is 2.15 bits per heavy atom. The number of esters is 1. The Bertz CT molecular complexity index is 485. The molecule has 1 aliphatic heterocycles. The summed E-state index contributed by atoms with van der Waals surface area (Å²) in [5, 5.41) is 2.99. The predicted octanol–water partition coefficient (Wildman–Crippen LogP) is 1.62. The van der Waals surface area contributed by atoms with Crippen molar-refractivity contribution in [2.75, 3.05) is 33.4 Å². The van der Waals surface area contributed by atoms with E-state index in [1.54, 1.807) is 6.08 Å². The monoisotopic (exact) mass is 277 g/mol. The first-order valence-electron chi connectivity index (χ1n) is 6.68. The van der Waals surface area contributed by atoms with Gasteiger partial charge in [-0.05, 0) is 43.8 Å². The Kier molecular flexibility index (Phi) is 5.43. The van der Waals surface area contributed by atoms with Gasteiger partial charge in [0.1, 0.15) is 13.2 Å². The maximum Gasteiger partial charge on any atom is 0.330 e. The topological polar surface area (TPSA) is 56.8 Å². The van der Waals surface area contributed by atoms with Crippen LogP contribution in [0.5, 0.6) is 11.5 Å². The SMILES string of the molecule is CNCCCOC(=O)/C=C/c1ccc2c(c1)OCCO2. The van der Waals surface area contributed by atoms with Gasteiger partial charge in [-0.1, -0.05) is 6.07 Å². The molecule has 0 aromatic heterocycles. The fraction of sp³-hybridized carbons (Fsp3) is 0.400. The molecule has 0 bridgehead atoms. The second kappa shape index (κ2) is 7.55. The first-order chi connectivity index (χ1) is 9.79. The van der Waals surface area contributed by atoms with Crippen molar-refractivity contribution in [2.45, 2.75) is 6.42 Å². The lowest BCUT2D eigenvalue weighted by Gasteiger charge is -2.18. The third-order valence-electron chi connectivity index (χ3n) is 2.79. The van der Waals surface area contributed by atoms with Crippen LogP contribution in [0.3, 0.4) is 0 Å². The van der Waals surface area contributed by atoms with Crippen LogP contribution in [0.15, 0.2) is 24.3 Å². The number of rotatable bonds is 6. The van der Waals surface area contributed by atoms with E-state index in [0.717, 1.165) is 24.3 Å². The first kappa shape index (κ1) is 14.4. The number of fused-ring (bicyclic) bond motifs is 1. The predicted molar refractivity (Wildman–Crippen MR) is 76.0 cm³/mol. The van der Waals surface area contributed by atoms with Gasteiger partial charge in [0.15, 0.2) is 11.5 Å². The van der Waals surface area contributed by atoms with Gasteiger partial charge >= 0.3 is 5.97 Å². The molecule has 108 valence electrons. The standard InChI is InChI=1S/C15H19NO4/c1-16-7-2-8-20-15(17)6-4-12-3-5-13-14(11-12)19-10-9-18-13/h3-6,11,16H,2,7-10H2,1H3/b6-4+. The largest absolute Gasteiger partial charge is 0.486 e. The van der Waals surface area contributed by atoms with Gasteiger partial charge in [-0.25, -0.2) is 4.79 Å². The lowest BCUT2D eigenvalue weighted by Crippen LogP contribution is -2.15. The highest BCUT2D eigenvalue weighted by Crippen LogP contribution is 2.31. The van der Waals surface area contributed by atoms with Crippen molar-refractivity contribution in [2.24, 2.45) is 0 Å². The highest BCUT2D eigenvalue weighted by Gasteiger charge is 2.10. The molecule has 0 amide bonds. The summed E-state index contributed by atoms with van der Waals surface area (Å²) in [4.78, 5) is 11.5. The maximum absolute atomic E-state index is 11.5. The third kappa shape index (κ3) is 4.28. The van der Waals surface area contributed by atoms with Crippen LogP contribution in [-0.4, -0.2) is 39.4 Å². The van der Waals surface area contributed by atoms with E-state index in [1.165, 1.54) is 6.08 Å². The number of nitrogens with one attached hydrogen (secondary N) is 1. The zero-order chi connectivity index (χ0) is 14.2. The van der Waals surface area contributed by atoms with Crippen molar-refractivity contribution < 1.29 is 19.0 Å². The second-order valence-electron chi connectivity index (χ2n) is 4.36. The molecule has 0 saturated carbocycles. The molecule has 0 aliphatic carbocycles. The summed E-state index contributed by atoms with van der Waals surface area (Å²) < 4.78 is 16.0. The average Bonchev–Trinajstić information content (AvgIpc) is 2.49. The molecule has 5 nitrogen and oxygen atoms in total. The molecular weight excluding hydrogens is 258 g/mol. The fourth-order valence-corrected chi connectivity index (χ4v) is 1.80. The number of ether oxygens (including phenoxy) is 3. The summed E-state index contributed by atoms with van der Waals surface area (Å²) in [6, 6.07) is 5.56. The zero-order valence-electron chi connectivity index (χ0n) is 11.6. The van der Waals surface area contributed by atoms with E-state index in [2.05, 4.69) is 5.32 Å². The molecule has 2 rings (SSSR count). The molecule has 20 heavy (non-hydrogen) atoms. The van der Waals surface area contributed by atoms with Gasteiger partial charge in [-0.3, -0.25) is 0 Å². The van der Waals surface area contributed by atoms with E-state index in [4.69, 9.17) is 14.2 Å². The third-order valence-corrected chi connectivity index (χ3v) is 2.79. The smallest absolute Gasteiger partial charge is 0.330 e. The molecular formula is C15H19NO4. The van der Waals surface area contributed by atoms with Crippen molar-refractivity contribution in [3.05, 3.63) is 29.8 Å². The number of carbonyl (C=O) groups is 1. The minimum absolute atomic E-state index is 0.337. The number of hydrogen-bond donors (Lipinski definition) is 1. The molecule has 5 heteroatoms. The number of benzene rings is 1. The summed E-state index contributed by atoms with van der Waals surface area (Å²) in [5.41, 5.74) is 0.876. The summed E-state index contributed by atoms with van der Waals surface area (Å²) in [7, 11) is 1.86. The molecule has 0 unspecified atom stereocenters. The normalized spacial score (nSPS) is 13.4. The van der Waals surface area contributed by atoms with Crippen molar-refractivity contribution in [1.82, 2.24) is 5.32 Å². The van der Waals surface area contributed by atoms with Crippen molar-refractivity contribution >= 4 is 12.0 Å². The summed E-state index contributed by atoms with van der Waals surface area (Å²) in [5.74, 6) is 1.11. The van der Waals surface area contributed by atoms with Crippen molar-refractivity contribution in [1.29, 1.82) is 0 Å². The van der Waals surface area contributed by atoms with E-state index in [-0.39, 0.29) is 5.97 Å². The second-order valence-corrected chi connectivity index (χ2v) is 4.36. The van der Waals surface area contributed by atoms with Crippen molar-refractivity contribution in [3.63, 3.8) is 0 Å². The highest BCUT2D eigenvalue weighted by molar-refractivity contribution is 5.87. The lowest BCUT2D eigenvalue weighted by atomic mass is 10.2. The first-order valence-corrected chi connectivity index (χ1v) is 6.68. The Balaban J connectivity index is 1.86. The summed E-state index contributed by atoms with van der Waals surface area (Å²) in [6.07, 6.45) is 3.93. The Morgan fingerprint density at radius 1 is 1.35 bits per heavy atom. The van der Waals surface area contributed by atoms with Gasteiger partial charge in [0.25, 0.3) is 0 Å². The minimum atomic E-state index is -0.337. The highest BCUT2D eigenvalue weighted by atomic mass is 16.6. The molecule has 0 saturated heterocycles. The van der Waals surface area contributed by atoms with Gasteiger partial charge < -0.3 is 19.5 Å². The van der Waals surface area contributed by atoms with Gasteiger partial charge in [0.2, 0.25) is 0 Å². The van der Waals surface area contributed by atoms with Crippen LogP contribution < -0.4 is 14.8 Å². The minimum Gasteiger partial charge on any atom is -0.486 e. The molecule has 0 fully saturated rings. The van der Waals surface area contributed by atoms with Crippen LogP contribution in [0.25, 0.3) is 6.08 Å². The zero-order valence-corrected chi connectivity index (χ0v) is 11.6. The Morgan fingerprint density at radius 3 is 2.95 bits per heavy atom. The van der Waals surface area contributed by atoms with E-state index in [0.29, 0.717) is 25.6 Å². The van der Waals surface area contributed by atoms with Gasteiger partial charge in [0.05, 0.1) is 6.61 Å². The Hall–Kier alpha value is -2.01. The van der Waals surface area contributed by atoms with Gasteiger partial charge in [-0.2, -0.15) is 0 Å². The molecule has 1 aromatic rings. The lowest BCUT2D eigenvalue weighted by molar-refractivity contribution is -0.137. The average molecular weight is 277 g/mol. The molecule has 1 aliphatic rings. The van der Waals surface area contributed by atoms with Crippen LogP contribution in [0, 0.1) is 0 Å². The molecule has 1 N–H and O–H groups in total. The molecule has 1 heterocycles. The van der Waals surface area contributed by atoms with E-state index in [9.17, 15) is 4.79 Å². The van der Waals surface area contributed by atoms with Gasteiger partial charge in [0, 0.05) is 6.08 Å². The van der Waals surface area contributed by atoms with Gasteiger partial charge in [-0.15, -0.1) is 0 Å². The summed E-state index contributed by atoms with van der Waals surface area (Å²) >= 11 is 0. The van der Waals surface area contributed by atoms with Crippen LogP contribution in [0.2, 0.25) is 0 Å². The van der Waals surface area contributed by atoms with E-state index < -0.39 is 0 Å². The quantitative estimate of drug-likeness (QED) is 0.486. The number of hydrogen-bond acceptors (Lipinski definition) is 5. The molecule has 0 spiro atoms. The van der Waals surface area contributed by atoms with Crippen LogP contribution in [0.4, 0.5) is 0 Å². The van der Waals surface area contributed by atoms with E-state index in [1.807, 2.05) is 25.2 Å². The van der Waals surface area contributed by atoms with Crippen molar-refractivity contribution in [3.8, 4) is 11.5 Å². The van der Waals surface area contributed by atoms with Crippen LogP contribution in [-0.2, 0) is 9.53 Å². The van der Waals surface area contributed by atoms with Crippen LogP contribution >= 0.6 is 0 Å².